The molecule has 186 valence electrons. The summed E-state index contributed by atoms with van der Waals surface area (Å²) in [5.41, 5.74) is 4.28. The standard InChI is InChI=1S/C26H37N3O4S/c1-8-21(5)27-26(31)22(6)28(16-23-11-9-10-18(2)14-23)25(30)17-29(34(7,32)33)24-13-12-19(3)20(4)15-24/h9-15,21-22H,8,16-17H2,1-7H3,(H,27,31)/t21-,22-/m1/s1. The quantitative estimate of drug-likeness (QED) is 0.554. The van der Waals surface area contributed by atoms with E-state index in [2.05, 4.69) is 5.32 Å². The van der Waals surface area contributed by atoms with Gasteiger partial charge in [0.25, 0.3) is 0 Å². The van der Waals surface area contributed by atoms with Gasteiger partial charge in [0, 0.05) is 12.6 Å². The summed E-state index contributed by atoms with van der Waals surface area (Å²) in [6.07, 6.45) is 1.85. The Bertz CT molecular complexity index is 1130. The van der Waals surface area contributed by atoms with Gasteiger partial charge in [-0.3, -0.25) is 13.9 Å². The highest BCUT2D eigenvalue weighted by molar-refractivity contribution is 7.92. The topological polar surface area (TPSA) is 86.8 Å². The predicted octanol–water partition coefficient (Wildman–Crippen LogP) is 3.71. The van der Waals surface area contributed by atoms with Crippen molar-refractivity contribution in [3.05, 3.63) is 64.7 Å². The lowest BCUT2D eigenvalue weighted by atomic mass is 10.1. The van der Waals surface area contributed by atoms with Gasteiger partial charge in [-0.2, -0.15) is 0 Å². The number of carbonyl (C=O) groups is 2. The maximum absolute atomic E-state index is 13.6. The molecule has 0 heterocycles. The molecular weight excluding hydrogens is 450 g/mol. The van der Waals surface area contributed by atoms with Crippen LogP contribution in [-0.2, 0) is 26.2 Å². The number of nitrogens with one attached hydrogen (secondary N) is 1. The molecular formula is C26H37N3O4S. The largest absolute Gasteiger partial charge is 0.352 e. The summed E-state index contributed by atoms with van der Waals surface area (Å²) in [5.74, 6) is -0.718. The molecule has 0 aliphatic heterocycles. The summed E-state index contributed by atoms with van der Waals surface area (Å²) in [7, 11) is -3.74. The van der Waals surface area contributed by atoms with Gasteiger partial charge >= 0.3 is 0 Å². The first kappa shape index (κ1) is 27.4. The highest BCUT2D eigenvalue weighted by Crippen LogP contribution is 2.22. The second-order valence-corrected chi connectivity index (χ2v) is 10.9. The van der Waals surface area contributed by atoms with E-state index in [1.807, 2.05) is 65.0 Å². The van der Waals surface area contributed by atoms with Crippen molar-refractivity contribution in [2.24, 2.45) is 0 Å². The van der Waals surface area contributed by atoms with E-state index >= 15 is 0 Å². The molecule has 2 aromatic rings. The number of aryl methyl sites for hydroxylation is 3. The van der Waals surface area contributed by atoms with Crippen LogP contribution < -0.4 is 9.62 Å². The van der Waals surface area contributed by atoms with Gasteiger partial charge in [0.1, 0.15) is 12.6 Å². The van der Waals surface area contributed by atoms with Crippen molar-refractivity contribution in [3.8, 4) is 0 Å². The van der Waals surface area contributed by atoms with E-state index in [1.165, 1.54) is 4.90 Å². The second kappa shape index (κ2) is 11.5. The van der Waals surface area contributed by atoms with Crippen molar-refractivity contribution in [3.63, 3.8) is 0 Å². The first-order chi connectivity index (χ1) is 15.8. The van der Waals surface area contributed by atoms with Crippen molar-refractivity contribution >= 4 is 27.5 Å². The van der Waals surface area contributed by atoms with Crippen LogP contribution in [0.1, 0.15) is 49.4 Å². The van der Waals surface area contributed by atoms with E-state index in [-0.39, 0.29) is 18.5 Å². The number of benzene rings is 2. The molecule has 0 unspecified atom stereocenters. The summed E-state index contributed by atoms with van der Waals surface area (Å²) in [6, 6.07) is 12.2. The molecule has 34 heavy (non-hydrogen) atoms. The smallest absolute Gasteiger partial charge is 0.244 e. The molecule has 2 aromatic carbocycles. The molecule has 0 bridgehead atoms. The number of hydrogen-bond donors (Lipinski definition) is 1. The minimum atomic E-state index is -3.74. The third-order valence-corrected chi connectivity index (χ3v) is 7.20. The molecule has 7 nitrogen and oxygen atoms in total. The van der Waals surface area contributed by atoms with Gasteiger partial charge in [0.2, 0.25) is 21.8 Å². The minimum absolute atomic E-state index is 0.0334. The maximum atomic E-state index is 13.6. The number of anilines is 1. The Morgan fingerprint density at radius 2 is 1.68 bits per heavy atom. The lowest BCUT2D eigenvalue weighted by molar-refractivity contribution is -0.139. The highest BCUT2D eigenvalue weighted by Gasteiger charge is 2.30. The van der Waals surface area contributed by atoms with Gasteiger partial charge < -0.3 is 10.2 Å². The van der Waals surface area contributed by atoms with Gasteiger partial charge in [-0.25, -0.2) is 8.42 Å². The average Bonchev–Trinajstić information content (AvgIpc) is 2.76. The third kappa shape index (κ3) is 7.32. The molecule has 0 saturated carbocycles. The molecule has 0 aromatic heterocycles. The molecule has 0 saturated heterocycles. The number of carbonyl (C=O) groups excluding carboxylic acids is 2. The van der Waals surface area contributed by atoms with Crippen LogP contribution >= 0.6 is 0 Å². The van der Waals surface area contributed by atoms with Crippen molar-refractivity contribution in [2.75, 3.05) is 17.1 Å². The number of sulfonamides is 1. The second-order valence-electron chi connectivity index (χ2n) is 9.04. The van der Waals surface area contributed by atoms with E-state index in [9.17, 15) is 18.0 Å². The normalized spacial score (nSPS) is 13.1. The lowest BCUT2D eigenvalue weighted by Gasteiger charge is -2.32. The number of hydrogen-bond acceptors (Lipinski definition) is 4. The van der Waals surface area contributed by atoms with Crippen LogP contribution in [0.2, 0.25) is 0 Å². The van der Waals surface area contributed by atoms with Crippen molar-refractivity contribution in [1.82, 2.24) is 10.2 Å². The summed E-state index contributed by atoms with van der Waals surface area (Å²) < 4.78 is 26.4. The minimum Gasteiger partial charge on any atom is -0.352 e. The van der Waals surface area contributed by atoms with Crippen molar-refractivity contribution in [1.29, 1.82) is 0 Å². The van der Waals surface area contributed by atoms with E-state index in [4.69, 9.17) is 0 Å². The van der Waals surface area contributed by atoms with E-state index in [1.54, 1.807) is 19.1 Å². The van der Waals surface area contributed by atoms with Gasteiger partial charge in [-0.05, 0) is 69.9 Å². The fourth-order valence-corrected chi connectivity index (χ4v) is 4.39. The Labute approximate surface area is 204 Å². The molecule has 2 amide bonds. The van der Waals surface area contributed by atoms with Crippen LogP contribution in [0.4, 0.5) is 5.69 Å². The molecule has 2 rings (SSSR count). The Hall–Kier alpha value is -2.87. The van der Waals surface area contributed by atoms with Crippen LogP contribution in [0.3, 0.4) is 0 Å². The summed E-state index contributed by atoms with van der Waals surface area (Å²) >= 11 is 0. The Morgan fingerprint density at radius 1 is 1.00 bits per heavy atom. The van der Waals surface area contributed by atoms with Gasteiger partial charge in [0.15, 0.2) is 0 Å². The summed E-state index contributed by atoms with van der Waals surface area (Å²) in [5, 5.41) is 2.93. The van der Waals surface area contributed by atoms with Crippen LogP contribution in [-0.4, -0.2) is 50.0 Å². The SMILES string of the molecule is CC[C@@H](C)NC(=O)[C@@H](C)N(Cc1cccc(C)c1)C(=O)CN(c1ccc(C)c(C)c1)S(C)(=O)=O. The Morgan fingerprint density at radius 3 is 2.24 bits per heavy atom. The zero-order valence-electron chi connectivity index (χ0n) is 21.3. The monoisotopic (exact) mass is 487 g/mol. The predicted molar refractivity (Wildman–Crippen MR) is 137 cm³/mol. The average molecular weight is 488 g/mol. The zero-order chi connectivity index (χ0) is 25.6. The summed E-state index contributed by atoms with van der Waals surface area (Å²) in [6.45, 7) is 11.1. The zero-order valence-corrected chi connectivity index (χ0v) is 22.1. The molecule has 0 spiro atoms. The first-order valence-corrected chi connectivity index (χ1v) is 13.4. The van der Waals surface area contributed by atoms with Crippen LogP contribution in [0.15, 0.2) is 42.5 Å². The van der Waals surface area contributed by atoms with E-state index < -0.39 is 28.5 Å². The van der Waals surface area contributed by atoms with E-state index in [0.717, 1.165) is 39.2 Å². The molecule has 0 aliphatic rings. The van der Waals surface area contributed by atoms with Gasteiger partial charge in [-0.15, -0.1) is 0 Å². The molecule has 0 fully saturated rings. The van der Waals surface area contributed by atoms with Gasteiger partial charge in [-0.1, -0.05) is 42.8 Å². The van der Waals surface area contributed by atoms with Crippen LogP contribution in [0.25, 0.3) is 0 Å². The first-order valence-electron chi connectivity index (χ1n) is 11.5. The fraction of sp³-hybridized carbons (Fsp3) is 0.462. The maximum Gasteiger partial charge on any atom is 0.244 e. The molecule has 0 aliphatic carbocycles. The number of nitrogens with zero attached hydrogens (tertiary/aromatic N) is 2. The molecule has 2 atom stereocenters. The van der Waals surface area contributed by atoms with Crippen molar-refractivity contribution < 1.29 is 18.0 Å². The third-order valence-electron chi connectivity index (χ3n) is 6.06. The van der Waals surface area contributed by atoms with Crippen LogP contribution in [0, 0.1) is 20.8 Å². The number of rotatable bonds is 10. The summed E-state index contributed by atoms with van der Waals surface area (Å²) in [4.78, 5) is 27.9. The fourth-order valence-electron chi connectivity index (χ4n) is 3.55. The van der Waals surface area contributed by atoms with Gasteiger partial charge in [0.05, 0.1) is 11.9 Å². The van der Waals surface area contributed by atoms with E-state index in [0.29, 0.717) is 5.69 Å². The Balaban J connectivity index is 2.41. The number of amides is 2. The molecule has 1 N–H and O–H groups in total. The Kier molecular flexibility index (Phi) is 9.27. The molecule has 0 radical (unpaired) electrons. The molecule has 8 heteroatoms. The van der Waals surface area contributed by atoms with Crippen molar-refractivity contribution in [2.45, 2.75) is 66.6 Å². The lowest BCUT2D eigenvalue weighted by Crippen LogP contribution is -2.52. The van der Waals surface area contributed by atoms with Crippen LogP contribution in [0.5, 0.6) is 0 Å². The highest BCUT2D eigenvalue weighted by atomic mass is 32.2.